The first kappa shape index (κ1) is 12.5. The van der Waals surface area contributed by atoms with E-state index in [-0.39, 0.29) is 0 Å². The Morgan fingerprint density at radius 3 is 1.50 bits per heavy atom. The maximum absolute atomic E-state index is 2.61. The molecule has 3 aliphatic rings. The van der Waals surface area contributed by atoms with Gasteiger partial charge >= 0.3 is 0 Å². The molecule has 0 spiro atoms. The molecule has 2 unspecified atom stereocenters. The number of fused-ring (bicyclic) bond motifs is 4. The smallest absolute Gasteiger partial charge is 0.00935 e. The van der Waals surface area contributed by atoms with E-state index in [2.05, 4.69) is 12.2 Å². The Bertz CT molecular complexity index is 300. The minimum absolute atomic E-state index is 0.951. The fraction of sp³-hybridized carbons (Fsp3) is 0.778. The van der Waals surface area contributed by atoms with Crippen molar-refractivity contribution in [3.63, 3.8) is 0 Å². The predicted octanol–water partition coefficient (Wildman–Crippen LogP) is 5.79. The largest absolute Gasteiger partial charge is 0.0807 e. The molecule has 1 fully saturated rings. The van der Waals surface area contributed by atoms with Gasteiger partial charge in [0, 0.05) is 0 Å². The number of rotatable bonds is 0. The molecule has 3 rings (SSSR count). The van der Waals surface area contributed by atoms with Gasteiger partial charge in [-0.1, -0.05) is 50.7 Å². The Kier molecular flexibility index (Phi) is 4.23. The highest BCUT2D eigenvalue weighted by atomic mass is 14.4. The first-order valence-electron chi connectivity index (χ1n) is 8.37. The third-order valence-corrected chi connectivity index (χ3v) is 5.28. The van der Waals surface area contributed by atoms with Gasteiger partial charge in [0.15, 0.2) is 0 Å². The summed E-state index contributed by atoms with van der Waals surface area (Å²) in [5.74, 6) is 1.90. The van der Waals surface area contributed by atoms with Crippen molar-refractivity contribution in [2.24, 2.45) is 11.8 Å². The van der Waals surface area contributed by atoms with Gasteiger partial charge in [0.1, 0.15) is 0 Å². The summed E-state index contributed by atoms with van der Waals surface area (Å²) < 4.78 is 0. The fourth-order valence-corrected chi connectivity index (χ4v) is 4.26. The van der Waals surface area contributed by atoms with Crippen molar-refractivity contribution in [1.82, 2.24) is 0 Å². The zero-order valence-corrected chi connectivity index (χ0v) is 11.8. The summed E-state index contributed by atoms with van der Waals surface area (Å²) in [6, 6.07) is 0. The zero-order chi connectivity index (χ0) is 12.2. The maximum Gasteiger partial charge on any atom is -0.00935 e. The molecule has 0 bridgehead atoms. The van der Waals surface area contributed by atoms with Crippen LogP contribution < -0.4 is 0 Å². The second-order valence-corrected chi connectivity index (χ2v) is 6.52. The van der Waals surface area contributed by atoms with Gasteiger partial charge < -0.3 is 0 Å². The Balaban J connectivity index is 1.77. The van der Waals surface area contributed by atoms with Gasteiger partial charge in [-0.15, -0.1) is 0 Å². The summed E-state index contributed by atoms with van der Waals surface area (Å²) in [6.45, 7) is 0. The third kappa shape index (κ3) is 2.58. The van der Waals surface area contributed by atoms with Crippen LogP contribution in [0.2, 0.25) is 0 Å². The molecule has 0 aromatic rings. The minimum atomic E-state index is 0.951. The van der Waals surface area contributed by atoms with E-state index in [1.165, 1.54) is 77.0 Å². The zero-order valence-electron chi connectivity index (χ0n) is 11.8. The van der Waals surface area contributed by atoms with E-state index >= 15 is 0 Å². The van der Waals surface area contributed by atoms with Crippen LogP contribution in [0.4, 0.5) is 0 Å². The van der Waals surface area contributed by atoms with E-state index < -0.39 is 0 Å². The van der Waals surface area contributed by atoms with Crippen LogP contribution in [0.3, 0.4) is 0 Å². The lowest BCUT2D eigenvalue weighted by Crippen LogP contribution is -2.32. The summed E-state index contributed by atoms with van der Waals surface area (Å²) in [5, 5.41) is 0. The van der Waals surface area contributed by atoms with Crippen molar-refractivity contribution in [3.8, 4) is 0 Å². The van der Waals surface area contributed by atoms with E-state index in [0.29, 0.717) is 0 Å². The topological polar surface area (TPSA) is 0 Å². The first-order valence-corrected chi connectivity index (χ1v) is 8.37. The van der Waals surface area contributed by atoms with Crippen molar-refractivity contribution in [2.45, 2.75) is 77.0 Å². The highest BCUT2D eigenvalue weighted by Gasteiger charge is 2.39. The van der Waals surface area contributed by atoms with Crippen molar-refractivity contribution >= 4 is 0 Å². The summed E-state index contributed by atoms with van der Waals surface area (Å²) in [6.07, 6.45) is 22.5. The van der Waals surface area contributed by atoms with E-state index in [1.54, 1.807) is 11.1 Å². The molecule has 0 saturated heterocycles. The maximum atomic E-state index is 2.61. The molecule has 2 atom stereocenters. The van der Waals surface area contributed by atoms with Crippen LogP contribution in [0.15, 0.2) is 23.3 Å². The second-order valence-electron chi connectivity index (χ2n) is 6.52. The summed E-state index contributed by atoms with van der Waals surface area (Å²) in [4.78, 5) is 0. The van der Waals surface area contributed by atoms with Crippen molar-refractivity contribution in [2.75, 3.05) is 0 Å². The van der Waals surface area contributed by atoms with Gasteiger partial charge in [-0.2, -0.15) is 0 Å². The van der Waals surface area contributed by atoms with Crippen LogP contribution in [-0.2, 0) is 0 Å². The van der Waals surface area contributed by atoms with Crippen LogP contribution in [-0.4, -0.2) is 0 Å². The Morgan fingerprint density at radius 1 is 0.556 bits per heavy atom. The number of allylic oxidation sites excluding steroid dienone is 4. The van der Waals surface area contributed by atoms with Crippen LogP contribution in [0.5, 0.6) is 0 Å². The van der Waals surface area contributed by atoms with Gasteiger partial charge in [0.25, 0.3) is 0 Å². The molecule has 100 valence electrons. The number of hydrogen-bond donors (Lipinski definition) is 0. The van der Waals surface area contributed by atoms with Crippen LogP contribution >= 0.6 is 0 Å². The molecule has 1 saturated carbocycles. The molecular weight excluding hydrogens is 216 g/mol. The van der Waals surface area contributed by atoms with Crippen LogP contribution in [0.25, 0.3) is 0 Å². The Morgan fingerprint density at radius 2 is 1.00 bits per heavy atom. The molecule has 0 heterocycles. The fourth-order valence-electron chi connectivity index (χ4n) is 4.26. The standard InChI is InChI=1S/C18H28/c1-3-7-11-15-16(12-8-4-1)18-14-10-6-2-5-9-13-17(15)18/h11,13,16,18H,1-10,12,14H2. The molecule has 0 aliphatic heterocycles. The molecule has 0 aromatic carbocycles. The van der Waals surface area contributed by atoms with Gasteiger partial charge in [-0.25, -0.2) is 0 Å². The summed E-state index contributed by atoms with van der Waals surface area (Å²) in [5.41, 5.74) is 3.56. The SMILES string of the molecule is C1=C2C3=CCCCCCCC3C2CCCCCC1. The molecule has 0 N–H and O–H groups in total. The van der Waals surface area contributed by atoms with E-state index in [4.69, 9.17) is 0 Å². The van der Waals surface area contributed by atoms with Gasteiger partial charge in [0.05, 0.1) is 0 Å². The Hall–Kier alpha value is -0.520. The molecule has 0 heteroatoms. The van der Waals surface area contributed by atoms with Crippen molar-refractivity contribution in [3.05, 3.63) is 23.3 Å². The molecule has 0 amide bonds. The second kappa shape index (κ2) is 6.08. The highest BCUT2D eigenvalue weighted by Crippen LogP contribution is 2.51. The lowest BCUT2D eigenvalue weighted by Gasteiger charge is -2.43. The van der Waals surface area contributed by atoms with Gasteiger partial charge in [-0.05, 0) is 61.5 Å². The molecule has 0 aromatic heterocycles. The predicted molar refractivity (Wildman–Crippen MR) is 78.6 cm³/mol. The highest BCUT2D eigenvalue weighted by molar-refractivity contribution is 5.46. The molecule has 3 aliphatic carbocycles. The van der Waals surface area contributed by atoms with Gasteiger partial charge in [-0.3, -0.25) is 0 Å². The van der Waals surface area contributed by atoms with Crippen molar-refractivity contribution < 1.29 is 0 Å². The van der Waals surface area contributed by atoms with Gasteiger partial charge in [0.2, 0.25) is 0 Å². The first-order chi connectivity index (χ1) is 8.97. The quantitative estimate of drug-likeness (QED) is 0.505. The molecule has 18 heavy (non-hydrogen) atoms. The monoisotopic (exact) mass is 244 g/mol. The van der Waals surface area contributed by atoms with E-state index in [1.807, 2.05) is 0 Å². The van der Waals surface area contributed by atoms with Crippen molar-refractivity contribution in [1.29, 1.82) is 0 Å². The number of hydrogen-bond acceptors (Lipinski definition) is 0. The molecule has 0 nitrogen and oxygen atoms in total. The lowest BCUT2D eigenvalue weighted by atomic mass is 9.61. The summed E-state index contributed by atoms with van der Waals surface area (Å²) >= 11 is 0. The summed E-state index contributed by atoms with van der Waals surface area (Å²) in [7, 11) is 0. The molecular formula is C18H28. The van der Waals surface area contributed by atoms with E-state index in [9.17, 15) is 0 Å². The third-order valence-electron chi connectivity index (χ3n) is 5.28. The normalized spacial score (nSPS) is 33.8. The Labute approximate surface area is 113 Å². The lowest BCUT2D eigenvalue weighted by molar-refractivity contribution is 0.307. The van der Waals surface area contributed by atoms with E-state index in [0.717, 1.165) is 11.8 Å². The average molecular weight is 244 g/mol. The average Bonchev–Trinajstić information content (AvgIpc) is 2.53. The van der Waals surface area contributed by atoms with Crippen LogP contribution in [0.1, 0.15) is 77.0 Å². The molecule has 0 radical (unpaired) electrons. The minimum Gasteiger partial charge on any atom is -0.0807 e. The van der Waals surface area contributed by atoms with Crippen LogP contribution in [0, 0.1) is 11.8 Å².